The topological polar surface area (TPSA) is 29.1 Å². The number of hydrogen-bond donors (Lipinski definition) is 1. The highest BCUT2D eigenvalue weighted by molar-refractivity contribution is 7.99. The summed E-state index contributed by atoms with van der Waals surface area (Å²) in [7, 11) is 0. The van der Waals surface area contributed by atoms with E-state index in [0.717, 1.165) is 17.1 Å². The fourth-order valence-corrected chi connectivity index (χ4v) is 4.30. The Morgan fingerprint density at radius 1 is 1.32 bits per heavy atom. The Kier molecular flexibility index (Phi) is 5.01. The molecule has 1 amide bonds. The Bertz CT molecular complexity index is 705. The molecule has 22 heavy (non-hydrogen) atoms. The van der Waals surface area contributed by atoms with Gasteiger partial charge in [0.2, 0.25) is 0 Å². The minimum absolute atomic E-state index is 0.0546. The third kappa shape index (κ3) is 3.29. The van der Waals surface area contributed by atoms with Gasteiger partial charge in [-0.15, -0.1) is 23.5 Å². The number of carbonyl (C=O) groups excluding carboxylic acids is 1. The zero-order chi connectivity index (χ0) is 15.5. The van der Waals surface area contributed by atoms with Gasteiger partial charge in [0.05, 0.1) is 16.6 Å². The Hall–Kier alpha value is -1.10. The molecular formula is C17H16ClNOS2. The summed E-state index contributed by atoms with van der Waals surface area (Å²) in [5.74, 6) is 0.910. The lowest BCUT2D eigenvalue weighted by Gasteiger charge is -2.26. The summed E-state index contributed by atoms with van der Waals surface area (Å²) >= 11 is 9.64. The second kappa shape index (κ2) is 6.99. The first-order valence-electron chi connectivity index (χ1n) is 7.05. The van der Waals surface area contributed by atoms with Crippen LogP contribution in [0.3, 0.4) is 0 Å². The van der Waals surface area contributed by atoms with Crippen LogP contribution in [0.5, 0.6) is 0 Å². The van der Waals surface area contributed by atoms with E-state index < -0.39 is 0 Å². The number of rotatable bonds is 3. The van der Waals surface area contributed by atoms with Gasteiger partial charge >= 0.3 is 0 Å². The maximum Gasteiger partial charge on any atom is 0.253 e. The molecule has 0 bridgehead atoms. The number of thioether (sulfide) groups is 2. The van der Waals surface area contributed by atoms with Crippen LogP contribution < -0.4 is 5.32 Å². The van der Waals surface area contributed by atoms with Gasteiger partial charge in [-0.1, -0.05) is 29.8 Å². The second-order valence-electron chi connectivity index (χ2n) is 5.05. The Morgan fingerprint density at radius 2 is 2.14 bits per heavy atom. The van der Waals surface area contributed by atoms with Crippen LogP contribution in [-0.4, -0.2) is 17.9 Å². The smallest absolute Gasteiger partial charge is 0.253 e. The summed E-state index contributed by atoms with van der Waals surface area (Å²) in [6, 6.07) is 13.9. The van der Waals surface area contributed by atoms with Crippen molar-refractivity contribution in [3.63, 3.8) is 0 Å². The van der Waals surface area contributed by atoms with Crippen LogP contribution in [0.2, 0.25) is 5.02 Å². The molecule has 0 fully saturated rings. The van der Waals surface area contributed by atoms with E-state index in [-0.39, 0.29) is 11.9 Å². The fraction of sp³-hybridized carbons (Fsp3) is 0.235. The summed E-state index contributed by atoms with van der Waals surface area (Å²) in [5, 5.41) is 3.63. The summed E-state index contributed by atoms with van der Waals surface area (Å²) < 4.78 is 0. The number of amides is 1. The zero-order valence-corrected chi connectivity index (χ0v) is 14.5. The first kappa shape index (κ1) is 15.8. The van der Waals surface area contributed by atoms with Crippen molar-refractivity contribution in [3.05, 3.63) is 58.6 Å². The van der Waals surface area contributed by atoms with E-state index >= 15 is 0 Å². The average Bonchev–Trinajstić information content (AvgIpc) is 2.55. The van der Waals surface area contributed by atoms with E-state index in [1.807, 2.05) is 42.3 Å². The summed E-state index contributed by atoms with van der Waals surface area (Å²) in [4.78, 5) is 14.9. The van der Waals surface area contributed by atoms with Crippen LogP contribution in [0.15, 0.2) is 52.3 Å². The van der Waals surface area contributed by atoms with Gasteiger partial charge in [-0.3, -0.25) is 4.79 Å². The van der Waals surface area contributed by atoms with E-state index in [4.69, 9.17) is 11.6 Å². The third-order valence-electron chi connectivity index (χ3n) is 3.68. The number of nitrogens with one attached hydrogen (secondary N) is 1. The summed E-state index contributed by atoms with van der Waals surface area (Å²) in [5.41, 5.74) is 1.74. The average molecular weight is 350 g/mol. The van der Waals surface area contributed by atoms with Gasteiger partial charge in [0.25, 0.3) is 5.91 Å². The molecule has 5 heteroatoms. The van der Waals surface area contributed by atoms with Crippen LogP contribution in [0.25, 0.3) is 0 Å². The number of halogens is 1. The molecule has 2 nitrogen and oxygen atoms in total. The first-order valence-corrected chi connectivity index (χ1v) is 9.64. The van der Waals surface area contributed by atoms with E-state index in [1.165, 1.54) is 10.5 Å². The molecule has 1 aliphatic heterocycles. The summed E-state index contributed by atoms with van der Waals surface area (Å²) in [6.07, 6.45) is 2.92. The van der Waals surface area contributed by atoms with Crippen molar-refractivity contribution in [2.24, 2.45) is 0 Å². The van der Waals surface area contributed by atoms with E-state index in [0.29, 0.717) is 10.6 Å². The second-order valence-corrected chi connectivity index (χ2v) is 7.47. The fourth-order valence-electron chi connectivity index (χ4n) is 2.53. The number of benzene rings is 2. The van der Waals surface area contributed by atoms with Gasteiger partial charge in [0.1, 0.15) is 0 Å². The van der Waals surface area contributed by atoms with Gasteiger partial charge in [-0.05, 0) is 42.5 Å². The van der Waals surface area contributed by atoms with Crippen LogP contribution in [-0.2, 0) is 0 Å². The van der Waals surface area contributed by atoms with Crippen molar-refractivity contribution in [2.45, 2.75) is 22.3 Å². The van der Waals surface area contributed by atoms with Crippen molar-refractivity contribution >= 4 is 41.0 Å². The van der Waals surface area contributed by atoms with Crippen LogP contribution in [0.1, 0.15) is 28.4 Å². The van der Waals surface area contributed by atoms with Crippen molar-refractivity contribution in [1.29, 1.82) is 0 Å². The number of carbonyl (C=O) groups is 1. The van der Waals surface area contributed by atoms with Gasteiger partial charge in [0, 0.05) is 15.5 Å². The van der Waals surface area contributed by atoms with Crippen LogP contribution >= 0.6 is 35.1 Å². The number of fused-ring (bicyclic) bond motifs is 1. The molecule has 0 saturated heterocycles. The molecule has 3 rings (SSSR count). The molecule has 2 aromatic rings. The minimum Gasteiger partial charge on any atom is -0.345 e. The SMILES string of the molecule is CSc1ccc(Cl)c(C(=O)N[C@H]2CCSc3ccccc32)c1. The lowest BCUT2D eigenvalue weighted by molar-refractivity contribution is 0.0935. The predicted molar refractivity (Wildman–Crippen MR) is 95.2 cm³/mol. The molecule has 0 spiro atoms. The molecule has 0 radical (unpaired) electrons. The van der Waals surface area contributed by atoms with Crippen molar-refractivity contribution < 1.29 is 4.79 Å². The maximum atomic E-state index is 12.6. The standard InChI is InChI=1S/C17H16ClNOS2/c1-21-11-6-7-14(18)13(10-11)17(20)19-15-8-9-22-16-5-3-2-4-12(15)16/h2-7,10,15H,8-9H2,1H3,(H,19,20)/t15-/m0/s1. The lowest BCUT2D eigenvalue weighted by Crippen LogP contribution is -2.30. The third-order valence-corrected chi connectivity index (χ3v) is 5.86. The zero-order valence-electron chi connectivity index (χ0n) is 12.1. The molecule has 0 unspecified atom stereocenters. The molecule has 0 aromatic heterocycles. The first-order chi connectivity index (χ1) is 10.7. The van der Waals surface area contributed by atoms with Crippen molar-refractivity contribution in [2.75, 3.05) is 12.0 Å². The van der Waals surface area contributed by atoms with Crippen molar-refractivity contribution in [3.8, 4) is 0 Å². The van der Waals surface area contributed by atoms with Crippen LogP contribution in [0, 0.1) is 0 Å². The van der Waals surface area contributed by atoms with Gasteiger partial charge in [-0.25, -0.2) is 0 Å². The Balaban J connectivity index is 1.84. The largest absolute Gasteiger partial charge is 0.345 e. The molecule has 0 saturated carbocycles. The Labute approximate surface area is 144 Å². The van der Waals surface area contributed by atoms with Gasteiger partial charge < -0.3 is 5.32 Å². The highest BCUT2D eigenvalue weighted by atomic mass is 35.5. The quantitative estimate of drug-likeness (QED) is 0.788. The molecule has 2 aromatic carbocycles. The normalized spacial score (nSPS) is 16.9. The molecule has 114 valence electrons. The predicted octanol–water partition coefficient (Wildman–Crippen LogP) is 5.03. The number of hydrogen-bond acceptors (Lipinski definition) is 3. The van der Waals surface area contributed by atoms with Gasteiger partial charge in [0.15, 0.2) is 0 Å². The van der Waals surface area contributed by atoms with E-state index in [2.05, 4.69) is 17.4 Å². The van der Waals surface area contributed by atoms with E-state index in [9.17, 15) is 4.79 Å². The lowest BCUT2D eigenvalue weighted by atomic mass is 10.0. The highest BCUT2D eigenvalue weighted by Gasteiger charge is 2.23. The Morgan fingerprint density at radius 3 is 2.95 bits per heavy atom. The molecule has 1 aliphatic rings. The van der Waals surface area contributed by atoms with E-state index in [1.54, 1.807) is 17.8 Å². The molecule has 0 aliphatic carbocycles. The monoisotopic (exact) mass is 349 g/mol. The molecular weight excluding hydrogens is 334 g/mol. The van der Waals surface area contributed by atoms with Gasteiger partial charge in [-0.2, -0.15) is 0 Å². The minimum atomic E-state index is -0.104. The molecule has 1 heterocycles. The highest BCUT2D eigenvalue weighted by Crippen LogP contribution is 2.36. The molecule has 1 atom stereocenters. The summed E-state index contributed by atoms with van der Waals surface area (Å²) in [6.45, 7) is 0. The van der Waals surface area contributed by atoms with Crippen molar-refractivity contribution in [1.82, 2.24) is 5.32 Å². The molecule has 1 N–H and O–H groups in total. The van der Waals surface area contributed by atoms with Crippen LogP contribution in [0.4, 0.5) is 0 Å². The maximum absolute atomic E-state index is 12.6.